The number of aliphatic hydroxyl groups excluding tert-OH is 1. The van der Waals surface area contributed by atoms with Crippen molar-refractivity contribution in [2.24, 2.45) is 0 Å². The van der Waals surface area contributed by atoms with Crippen LogP contribution in [0, 0.1) is 0 Å². The molecule has 3 nitrogen and oxygen atoms in total. The summed E-state index contributed by atoms with van der Waals surface area (Å²) < 4.78 is 0. The average Bonchev–Trinajstić information content (AvgIpc) is 2.30. The lowest BCUT2D eigenvalue weighted by Crippen LogP contribution is -2.52. The van der Waals surface area contributed by atoms with Gasteiger partial charge in [-0.25, -0.2) is 0 Å². The molecule has 1 aromatic carbocycles. The van der Waals surface area contributed by atoms with Gasteiger partial charge in [-0.3, -0.25) is 4.90 Å². The highest BCUT2D eigenvalue weighted by Gasteiger charge is 2.27. The number of rotatable bonds is 3. The number of nitrogens with one attached hydrogen (secondary N) is 1. The smallest absolute Gasteiger partial charge is 0.0708 e. The first-order valence-electron chi connectivity index (χ1n) is 6.39. The molecule has 3 heteroatoms. The molecule has 1 aromatic rings. The summed E-state index contributed by atoms with van der Waals surface area (Å²) in [5.41, 5.74) is 1.21. The lowest BCUT2D eigenvalue weighted by molar-refractivity contribution is 0.0438. The van der Waals surface area contributed by atoms with Crippen LogP contribution in [0.25, 0.3) is 0 Å². The molecule has 1 aliphatic heterocycles. The zero-order chi connectivity index (χ0) is 12.3. The summed E-state index contributed by atoms with van der Waals surface area (Å²) in [4.78, 5) is 2.38. The van der Waals surface area contributed by atoms with E-state index in [1.165, 1.54) is 5.56 Å². The summed E-state index contributed by atoms with van der Waals surface area (Å²) in [6.07, 6.45) is -0.345. The predicted octanol–water partition coefficient (Wildman–Crippen LogP) is 1.40. The number of hydrogen-bond acceptors (Lipinski definition) is 3. The Morgan fingerprint density at radius 2 is 2.06 bits per heavy atom. The van der Waals surface area contributed by atoms with Crippen molar-refractivity contribution < 1.29 is 5.11 Å². The van der Waals surface area contributed by atoms with E-state index in [1.807, 2.05) is 25.1 Å². The van der Waals surface area contributed by atoms with Crippen LogP contribution in [-0.2, 0) is 0 Å². The quantitative estimate of drug-likeness (QED) is 0.830. The van der Waals surface area contributed by atoms with Gasteiger partial charge in [-0.2, -0.15) is 0 Å². The lowest BCUT2D eigenvalue weighted by atomic mass is 9.99. The van der Waals surface area contributed by atoms with Crippen LogP contribution in [0.4, 0.5) is 0 Å². The zero-order valence-electron chi connectivity index (χ0n) is 10.6. The molecule has 0 bridgehead atoms. The van der Waals surface area contributed by atoms with E-state index < -0.39 is 0 Å². The summed E-state index contributed by atoms with van der Waals surface area (Å²) in [5.74, 6) is 0. The van der Waals surface area contributed by atoms with Crippen LogP contribution >= 0.6 is 0 Å². The first kappa shape index (κ1) is 12.6. The Morgan fingerprint density at radius 1 is 1.35 bits per heavy atom. The molecule has 1 unspecified atom stereocenters. The Bertz CT molecular complexity index is 339. The molecule has 2 rings (SSSR count). The molecule has 94 valence electrons. The van der Waals surface area contributed by atoms with Gasteiger partial charge in [-0.1, -0.05) is 30.3 Å². The van der Waals surface area contributed by atoms with E-state index in [0.717, 1.165) is 19.6 Å². The Kier molecular flexibility index (Phi) is 4.15. The van der Waals surface area contributed by atoms with Crippen LogP contribution in [-0.4, -0.2) is 41.8 Å². The highest BCUT2D eigenvalue weighted by atomic mass is 16.3. The molecule has 0 aromatic heterocycles. The van der Waals surface area contributed by atoms with Crippen molar-refractivity contribution in [1.29, 1.82) is 0 Å². The fraction of sp³-hybridized carbons (Fsp3) is 0.571. The van der Waals surface area contributed by atoms with Gasteiger partial charge < -0.3 is 10.4 Å². The van der Waals surface area contributed by atoms with Crippen LogP contribution in [0.1, 0.15) is 25.5 Å². The molecule has 0 amide bonds. The standard InChI is InChI=1S/C14H22N2O/c1-11-10-16(9-8-15-11)14(12(2)17)13-6-4-3-5-7-13/h3-7,11-12,14-15,17H,8-10H2,1-2H3/t11-,12?,14-/m1/s1. The second-order valence-electron chi connectivity index (χ2n) is 4.95. The van der Waals surface area contributed by atoms with Crippen molar-refractivity contribution in [3.05, 3.63) is 35.9 Å². The number of piperazine rings is 1. The monoisotopic (exact) mass is 234 g/mol. The van der Waals surface area contributed by atoms with Gasteiger partial charge in [0, 0.05) is 25.7 Å². The summed E-state index contributed by atoms with van der Waals surface area (Å²) in [6.45, 7) is 7.05. The summed E-state index contributed by atoms with van der Waals surface area (Å²) >= 11 is 0. The highest BCUT2D eigenvalue weighted by molar-refractivity contribution is 5.20. The summed E-state index contributed by atoms with van der Waals surface area (Å²) in [5, 5.41) is 13.5. The zero-order valence-corrected chi connectivity index (χ0v) is 10.6. The van der Waals surface area contributed by atoms with Gasteiger partial charge in [-0.05, 0) is 19.4 Å². The van der Waals surface area contributed by atoms with Crippen molar-refractivity contribution in [3.63, 3.8) is 0 Å². The van der Waals surface area contributed by atoms with Crippen molar-refractivity contribution in [2.75, 3.05) is 19.6 Å². The molecule has 17 heavy (non-hydrogen) atoms. The molecule has 1 heterocycles. The maximum Gasteiger partial charge on any atom is 0.0708 e. The van der Waals surface area contributed by atoms with Gasteiger partial charge in [0.05, 0.1) is 12.1 Å². The second kappa shape index (κ2) is 5.63. The molecular weight excluding hydrogens is 212 g/mol. The Morgan fingerprint density at radius 3 is 2.65 bits per heavy atom. The van der Waals surface area contributed by atoms with Gasteiger partial charge in [0.2, 0.25) is 0 Å². The van der Waals surface area contributed by atoms with E-state index in [0.29, 0.717) is 6.04 Å². The Hall–Kier alpha value is -0.900. The molecule has 0 spiro atoms. The summed E-state index contributed by atoms with van der Waals surface area (Å²) in [6, 6.07) is 10.9. The molecule has 0 saturated carbocycles. The number of benzene rings is 1. The Labute approximate surface area is 103 Å². The summed E-state index contributed by atoms with van der Waals surface area (Å²) in [7, 11) is 0. The van der Waals surface area contributed by atoms with Gasteiger partial charge in [0.15, 0.2) is 0 Å². The highest BCUT2D eigenvalue weighted by Crippen LogP contribution is 2.25. The van der Waals surface area contributed by atoms with E-state index in [2.05, 4.69) is 29.3 Å². The van der Waals surface area contributed by atoms with Crippen LogP contribution in [0.5, 0.6) is 0 Å². The first-order chi connectivity index (χ1) is 8.18. The van der Waals surface area contributed by atoms with E-state index in [1.54, 1.807) is 0 Å². The van der Waals surface area contributed by atoms with Gasteiger partial charge in [0.25, 0.3) is 0 Å². The predicted molar refractivity (Wildman–Crippen MR) is 69.9 cm³/mol. The third kappa shape index (κ3) is 3.06. The van der Waals surface area contributed by atoms with E-state index in [4.69, 9.17) is 0 Å². The minimum absolute atomic E-state index is 0.112. The maximum atomic E-state index is 10.0. The van der Waals surface area contributed by atoms with E-state index in [9.17, 15) is 5.11 Å². The normalized spacial score (nSPS) is 25.5. The fourth-order valence-corrected chi connectivity index (χ4v) is 2.66. The molecule has 1 fully saturated rings. The van der Waals surface area contributed by atoms with Crippen molar-refractivity contribution in [3.8, 4) is 0 Å². The maximum absolute atomic E-state index is 10.0. The van der Waals surface area contributed by atoms with Crippen LogP contribution in [0.3, 0.4) is 0 Å². The number of hydrogen-bond donors (Lipinski definition) is 2. The van der Waals surface area contributed by atoms with Crippen molar-refractivity contribution >= 4 is 0 Å². The van der Waals surface area contributed by atoms with Gasteiger partial charge in [0.1, 0.15) is 0 Å². The minimum atomic E-state index is -0.345. The molecule has 1 aliphatic rings. The molecular formula is C14H22N2O. The van der Waals surface area contributed by atoms with E-state index >= 15 is 0 Å². The van der Waals surface area contributed by atoms with Crippen LogP contribution in [0.2, 0.25) is 0 Å². The second-order valence-corrected chi connectivity index (χ2v) is 4.95. The third-order valence-electron chi connectivity index (χ3n) is 3.39. The van der Waals surface area contributed by atoms with E-state index in [-0.39, 0.29) is 12.1 Å². The van der Waals surface area contributed by atoms with Gasteiger partial charge in [-0.15, -0.1) is 0 Å². The molecule has 0 radical (unpaired) electrons. The average molecular weight is 234 g/mol. The number of aliphatic hydroxyl groups is 1. The topological polar surface area (TPSA) is 35.5 Å². The molecule has 1 saturated heterocycles. The molecule has 3 atom stereocenters. The SMILES string of the molecule is CC(O)[C@H](c1ccccc1)N1CCN[C@H](C)C1. The molecule has 0 aliphatic carbocycles. The first-order valence-corrected chi connectivity index (χ1v) is 6.39. The molecule has 2 N–H and O–H groups in total. The number of nitrogens with zero attached hydrogens (tertiary/aromatic N) is 1. The largest absolute Gasteiger partial charge is 0.391 e. The Balaban J connectivity index is 2.17. The third-order valence-corrected chi connectivity index (χ3v) is 3.39. The van der Waals surface area contributed by atoms with Crippen LogP contribution < -0.4 is 5.32 Å². The fourth-order valence-electron chi connectivity index (χ4n) is 2.66. The van der Waals surface area contributed by atoms with Gasteiger partial charge >= 0.3 is 0 Å². The van der Waals surface area contributed by atoms with Crippen molar-refractivity contribution in [1.82, 2.24) is 10.2 Å². The lowest BCUT2D eigenvalue weighted by Gasteiger charge is -2.39. The van der Waals surface area contributed by atoms with Crippen LogP contribution in [0.15, 0.2) is 30.3 Å². The minimum Gasteiger partial charge on any atom is -0.391 e. The van der Waals surface area contributed by atoms with Crippen molar-refractivity contribution in [2.45, 2.75) is 32.0 Å².